The van der Waals surface area contributed by atoms with Gasteiger partial charge in [-0.25, -0.2) is 8.42 Å². The Morgan fingerprint density at radius 2 is 1.83 bits per heavy atom. The second-order valence-corrected chi connectivity index (χ2v) is 9.57. The number of hydrogen-bond donors (Lipinski definition) is 2. The molecule has 0 spiro atoms. The van der Waals surface area contributed by atoms with Crippen LogP contribution in [0.25, 0.3) is 0 Å². The van der Waals surface area contributed by atoms with Crippen molar-refractivity contribution in [3.8, 4) is 0 Å². The van der Waals surface area contributed by atoms with Crippen LogP contribution in [-0.4, -0.2) is 31.7 Å². The molecule has 0 unspecified atom stereocenters. The van der Waals surface area contributed by atoms with E-state index in [4.69, 9.17) is 4.74 Å². The van der Waals surface area contributed by atoms with Crippen LogP contribution in [0.4, 0.5) is 0 Å². The Morgan fingerprint density at radius 1 is 1.17 bits per heavy atom. The van der Waals surface area contributed by atoms with E-state index in [0.717, 1.165) is 16.7 Å². The molecule has 1 aliphatic rings. The summed E-state index contributed by atoms with van der Waals surface area (Å²) in [4.78, 5) is 12.5. The van der Waals surface area contributed by atoms with Gasteiger partial charge in [0, 0.05) is 6.42 Å². The fourth-order valence-electron chi connectivity index (χ4n) is 3.38. The minimum atomic E-state index is -3.80. The van der Waals surface area contributed by atoms with E-state index < -0.39 is 34.2 Å². The van der Waals surface area contributed by atoms with Gasteiger partial charge in [0.25, 0.3) is 0 Å². The van der Waals surface area contributed by atoms with Crippen LogP contribution < -0.4 is 4.72 Å². The molecular formula is C22H27NO5S. The zero-order valence-corrected chi connectivity index (χ0v) is 17.6. The second kappa shape index (κ2) is 8.65. The van der Waals surface area contributed by atoms with E-state index in [1.54, 1.807) is 24.3 Å². The third-order valence-corrected chi connectivity index (χ3v) is 6.68. The normalized spacial score (nSPS) is 19.8. The van der Waals surface area contributed by atoms with Gasteiger partial charge in [0.05, 0.1) is 23.5 Å². The van der Waals surface area contributed by atoms with Gasteiger partial charge in [-0.3, -0.25) is 4.79 Å². The van der Waals surface area contributed by atoms with Crippen LogP contribution in [0.15, 0.2) is 53.4 Å². The lowest BCUT2D eigenvalue weighted by molar-refractivity contribution is -0.152. The van der Waals surface area contributed by atoms with Gasteiger partial charge in [0.1, 0.15) is 6.10 Å². The first-order valence-corrected chi connectivity index (χ1v) is 11.2. The Hall–Kier alpha value is -2.22. The average Bonchev–Trinajstić information content (AvgIpc) is 2.98. The molecular weight excluding hydrogens is 390 g/mol. The van der Waals surface area contributed by atoms with Crippen LogP contribution >= 0.6 is 0 Å². The van der Waals surface area contributed by atoms with Gasteiger partial charge in [-0.1, -0.05) is 55.8 Å². The predicted molar refractivity (Wildman–Crippen MR) is 110 cm³/mol. The number of carbonyl (C=O) groups excluding carboxylic acids is 1. The van der Waals surface area contributed by atoms with E-state index in [1.165, 1.54) is 0 Å². The lowest BCUT2D eigenvalue weighted by Gasteiger charge is -2.23. The van der Waals surface area contributed by atoms with Gasteiger partial charge in [-0.2, -0.15) is 4.72 Å². The van der Waals surface area contributed by atoms with Crippen molar-refractivity contribution in [3.05, 3.63) is 65.2 Å². The quantitative estimate of drug-likeness (QED) is 0.676. The molecule has 0 bridgehead atoms. The van der Waals surface area contributed by atoms with Gasteiger partial charge in [0.15, 0.2) is 0 Å². The Morgan fingerprint density at radius 3 is 2.48 bits per heavy atom. The first-order chi connectivity index (χ1) is 13.7. The van der Waals surface area contributed by atoms with Crippen molar-refractivity contribution in [1.82, 2.24) is 4.72 Å². The summed E-state index contributed by atoms with van der Waals surface area (Å²) >= 11 is 0. The SMILES string of the molecule is Cc1ccc(S(=O)(=O)N[C@@H]2c3ccccc3C[C@@H]2OC(=O)C[C@H](O)C(C)C)cc1. The van der Waals surface area contributed by atoms with Gasteiger partial charge in [0.2, 0.25) is 10.0 Å². The van der Waals surface area contributed by atoms with Crippen molar-refractivity contribution in [1.29, 1.82) is 0 Å². The number of aliphatic hydroxyl groups is 1. The number of benzene rings is 2. The highest BCUT2D eigenvalue weighted by Crippen LogP contribution is 2.35. The molecule has 2 aromatic rings. The predicted octanol–water partition coefficient (Wildman–Crippen LogP) is 2.89. The molecule has 0 heterocycles. The summed E-state index contributed by atoms with van der Waals surface area (Å²) in [6.07, 6.45) is -1.17. The third kappa shape index (κ3) is 5.04. The Bertz CT molecular complexity index is 969. The zero-order chi connectivity index (χ0) is 21.2. The smallest absolute Gasteiger partial charge is 0.308 e. The van der Waals surface area contributed by atoms with Crippen molar-refractivity contribution in [2.45, 2.75) is 56.8 Å². The number of ether oxygens (including phenoxy) is 1. The molecule has 0 fully saturated rings. The summed E-state index contributed by atoms with van der Waals surface area (Å²) in [5, 5.41) is 9.96. The number of esters is 1. The van der Waals surface area contributed by atoms with E-state index in [-0.39, 0.29) is 17.2 Å². The Balaban J connectivity index is 1.82. The first kappa shape index (κ1) is 21.5. The van der Waals surface area contributed by atoms with Crippen LogP contribution in [0.3, 0.4) is 0 Å². The highest BCUT2D eigenvalue weighted by atomic mass is 32.2. The topological polar surface area (TPSA) is 92.7 Å². The van der Waals surface area contributed by atoms with E-state index in [2.05, 4.69) is 4.72 Å². The highest BCUT2D eigenvalue weighted by Gasteiger charge is 2.38. The standard InChI is InChI=1S/C22H27NO5S/c1-14(2)19(24)13-21(25)28-20-12-16-6-4-5-7-18(16)22(20)23-29(26,27)17-10-8-15(3)9-11-17/h4-11,14,19-20,22-24H,12-13H2,1-3H3/t19-,20-,22+/m0/s1. The molecule has 0 saturated heterocycles. The zero-order valence-electron chi connectivity index (χ0n) is 16.8. The second-order valence-electron chi connectivity index (χ2n) is 7.86. The summed E-state index contributed by atoms with van der Waals surface area (Å²) in [7, 11) is -3.80. The lowest BCUT2D eigenvalue weighted by Crippen LogP contribution is -2.37. The molecule has 6 nitrogen and oxygen atoms in total. The molecule has 0 radical (unpaired) electrons. The summed E-state index contributed by atoms with van der Waals surface area (Å²) < 4.78 is 34.1. The highest BCUT2D eigenvalue weighted by molar-refractivity contribution is 7.89. The fraction of sp³-hybridized carbons (Fsp3) is 0.409. The summed E-state index contributed by atoms with van der Waals surface area (Å²) in [5.74, 6) is -0.609. The molecule has 3 rings (SSSR count). The molecule has 0 saturated carbocycles. The Kier molecular flexibility index (Phi) is 6.41. The molecule has 7 heteroatoms. The van der Waals surface area contributed by atoms with Crippen molar-refractivity contribution in [2.75, 3.05) is 0 Å². The first-order valence-electron chi connectivity index (χ1n) is 9.71. The van der Waals surface area contributed by atoms with Crippen LogP contribution in [-0.2, 0) is 26.0 Å². The number of nitrogens with one attached hydrogen (secondary N) is 1. The van der Waals surface area contributed by atoms with E-state index in [1.807, 2.05) is 45.0 Å². The van der Waals surface area contributed by atoms with Gasteiger partial charge in [-0.05, 0) is 36.1 Å². The maximum atomic E-state index is 12.9. The molecule has 29 heavy (non-hydrogen) atoms. The fourth-order valence-corrected chi connectivity index (χ4v) is 4.63. The number of rotatable bonds is 7. The van der Waals surface area contributed by atoms with Crippen molar-refractivity contribution >= 4 is 16.0 Å². The van der Waals surface area contributed by atoms with E-state index in [0.29, 0.717) is 6.42 Å². The molecule has 0 amide bonds. The molecule has 0 aliphatic heterocycles. The minimum absolute atomic E-state index is 0.0702. The van der Waals surface area contributed by atoms with Crippen LogP contribution in [0, 0.1) is 12.8 Å². The van der Waals surface area contributed by atoms with Gasteiger partial charge >= 0.3 is 5.97 Å². The third-order valence-electron chi connectivity index (χ3n) is 5.22. The number of aliphatic hydroxyl groups excluding tert-OH is 1. The molecule has 156 valence electrons. The average molecular weight is 418 g/mol. The number of carbonyl (C=O) groups is 1. The number of sulfonamides is 1. The maximum Gasteiger partial charge on any atom is 0.308 e. The number of aryl methyl sites for hydroxylation is 1. The molecule has 1 aliphatic carbocycles. The van der Waals surface area contributed by atoms with Crippen LogP contribution in [0.2, 0.25) is 0 Å². The lowest BCUT2D eigenvalue weighted by atomic mass is 10.0. The number of fused-ring (bicyclic) bond motifs is 1. The Labute approximate surface area is 172 Å². The summed E-state index contributed by atoms with van der Waals surface area (Å²) in [6.45, 7) is 5.53. The van der Waals surface area contributed by atoms with Crippen molar-refractivity contribution in [3.63, 3.8) is 0 Å². The van der Waals surface area contributed by atoms with Crippen molar-refractivity contribution < 1.29 is 23.1 Å². The molecule has 0 aromatic heterocycles. The monoisotopic (exact) mass is 417 g/mol. The van der Waals surface area contributed by atoms with Crippen molar-refractivity contribution in [2.24, 2.45) is 5.92 Å². The maximum absolute atomic E-state index is 12.9. The van der Waals surface area contributed by atoms with E-state index >= 15 is 0 Å². The summed E-state index contributed by atoms with van der Waals surface area (Å²) in [5.41, 5.74) is 2.70. The minimum Gasteiger partial charge on any atom is -0.460 e. The molecule has 2 aromatic carbocycles. The van der Waals surface area contributed by atoms with E-state index in [9.17, 15) is 18.3 Å². The molecule has 2 N–H and O–H groups in total. The molecule has 3 atom stereocenters. The number of hydrogen-bond acceptors (Lipinski definition) is 5. The largest absolute Gasteiger partial charge is 0.460 e. The van der Waals surface area contributed by atoms with Gasteiger partial charge < -0.3 is 9.84 Å². The van der Waals surface area contributed by atoms with Crippen LogP contribution in [0.1, 0.15) is 43.0 Å². The van der Waals surface area contributed by atoms with Crippen LogP contribution in [0.5, 0.6) is 0 Å². The van der Waals surface area contributed by atoms with Gasteiger partial charge in [-0.15, -0.1) is 0 Å². The summed E-state index contributed by atoms with van der Waals surface area (Å²) in [6, 6.07) is 13.3.